The zero-order valence-corrected chi connectivity index (χ0v) is 8.52. The van der Waals surface area contributed by atoms with E-state index in [9.17, 15) is 0 Å². The summed E-state index contributed by atoms with van der Waals surface area (Å²) < 4.78 is 0. The Morgan fingerprint density at radius 1 is 1.46 bits per heavy atom. The number of alkyl halides is 1. The fourth-order valence-electron chi connectivity index (χ4n) is 1.19. The van der Waals surface area contributed by atoms with Crippen LogP contribution in [0.2, 0.25) is 5.02 Å². The Morgan fingerprint density at radius 3 is 2.92 bits per heavy atom. The van der Waals surface area contributed by atoms with Gasteiger partial charge in [-0.3, -0.25) is 0 Å². The number of aromatic amines is 1. The number of H-pyrrole nitrogens is 1. The molecule has 1 aromatic carbocycles. The molecule has 0 aliphatic carbocycles. The molecular weight excluding hydrogens is 207 g/mol. The van der Waals surface area contributed by atoms with Gasteiger partial charge in [-0.15, -0.1) is 11.6 Å². The van der Waals surface area contributed by atoms with Gasteiger partial charge in [0.2, 0.25) is 0 Å². The van der Waals surface area contributed by atoms with Gasteiger partial charge in [0.25, 0.3) is 0 Å². The Labute approximate surface area is 85.9 Å². The summed E-state index contributed by atoms with van der Waals surface area (Å²) in [5.41, 5.74) is 1.82. The van der Waals surface area contributed by atoms with E-state index >= 15 is 0 Å². The number of hydrogen-bond acceptors (Lipinski definition) is 1. The van der Waals surface area contributed by atoms with Crippen molar-refractivity contribution >= 4 is 34.2 Å². The molecule has 0 bridgehead atoms. The van der Waals surface area contributed by atoms with Crippen LogP contribution >= 0.6 is 23.2 Å². The van der Waals surface area contributed by atoms with E-state index in [1.165, 1.54) is 0 Å². The first kappa shape index (κ1) is 8.85. The third-order valence-corrected chi connectivity index (χ3v) is 2.28. The minimum Gasteiger partial charge on any atom is -0.341 e. The summed E-state index contributed by atoms with van der Waals surface area (Å²) in [5.74, 6) is 0.777. The number of nitrogens with one attached hydrogen (secondary N) is 1. The molecule has 0 saturated heterocycles. The lowest BCUT2D eigenvalue weighted by molar-refractivity contribution is 0.962. The fourth-order valence-corrected chi connectivity index (χ4v) is 1.47. The molecule has 0 unspecified atom stereocenters. The van der Waals surface area contributed by atoms with E-state index in [0.717, 1.165) is 16.9 Å². The molecule has 2 rings (SSSR count). The Bertz CT molecular complexity index is 434. The second-order valence-corrected chi connectivity index (χ2v) is 3.99. The molecule has 0 fully saturated rings. The Hall–Kier alpha value is -0.730. The predicted molar refractivity (Wildman–Crippen MR) is 55.4 cm³/mol. The van der Waals surface area contributed by atoms with Crippen LogP contribution in [0.4, 0.5) is 0 Å². The van der Waals surface area contributed by atoms with E-state index in [-0.39, 0.29) is 5.38 Å². The molecule has 13 heavy (non-hydrogen) atoms. The van der Waals surface area contributed by atoms with E-state index in [1.54, 1.807) is 0 Å². The topological polar surface area (TPSA) is 28.7 Å². The van der Waals surface area contributed by atoms with Crippen molar-refractivity contribution in [3.8, 4) is 0 Å². The number of halogens is 2. The van der Waals surface area contributed by atoms with E-state index in [0.29, 0.717) is 5.02 Å². The van der Waals surface area contributed by atoms with Crippen LogP contribution in [0.1, 0.15) is 18.1 Å². The Morgan fingerprint density at radius 2 is 2.23 bits per heavy atom. The molecule has 2 nitrogen and oxygen atoms in total. The van der Waals surface area contributed by atoms with Gasteiger partial charge in [-0.2, -0.15) is 0 Å². The van der Waals surface area contributed by atoms with Crippen LogP contribution in [0.5, 0.6) is 0 Å². The molecule has 0 aliphatic rings. The van der Waals surface area contributed by atoms with Crippen LogP contribution in [0.15, 0.2) is 18.2 Å². The van der Waals surface area contributed by atoms with Gasteiger partial charge in [0, 0.05) is 5.02 Å². The SMILES string of the molecule is C[C@@H](Cl)c1nc2ccc(Cl)cc2[nH]1. The van der Waals surface area contributed by atoms with Crippen molar-refractivity contribution in [2.24, 2.45) is 0 Å². The first-order valence-electron chi connectivity index (χ1n) is 3.96. The highest BCUT2D eigenvalue weighted by molar-refractivity contribution is 6.31. The predicted octanol–water partition coefficient (Wildman–Crippen LogP) is 3.52. The minimum atomic E-state index is -0.105. The first-order valence-corrected chi connectivity index (χ1v) is 4.77. The quantitative estimate of drug-likeness (QED) is 0.724. The van der Waals surface area contributed by atoms with Crippen LogP contribution in [0.25, 0.3) is 11.0 Å². The smallest absolute Gasteiger partial charge is 0.125 e. The number of imidazole rings is 1. The van der Waals surface area contributed by atoms with Gasteiger partial charge in [0.15, 0.2) is 0 Å². The maximum atomic E-state index is 5.89. The second-order valence-electron chi connectivity index (χ2n) is 2.90. The van der Waals surface area contributed by atoms with Crippen molar-refractivity contribution in [1.82, 2.24) is 9.97 Å². The van der Waals surface area contributed by atoms with Gasteiger partial charge in [-0.05, 0) is 25.1 Å². The Kier molecular flexibility index (Phi) is 2.18. The summed E-state index contributed by atoms with van der Waals surface area (Å²) in [6.07, 6.45) is 0. The number of nitrogens with zero attached hydrogens (tertiary/aromatic N) is 1. The summed E-state index contributed by atoms with van der Waals surface area (Å²) in [7, 11) is 0. The maximum Gasteiger partial charge on any atom is 0.125 e. The molecular formula is C9H8Cl2N2. The van der Waals surface area contributed by atoms with E-state index in [4.69, 9.17) is 23.2 Å². The first-order chi connectivity index (χ1) is 6.16. The summed E-state index contributed by atoms with van der Waals surface area (Å²) in [6.45, 7) is 1.88. The normalized spacial score (nSPS) is 13.5. The molecule has 0 spiro atoms. The molecule has 1 N–H and O–H groups in total. The van der Waals surface area contributed by atoms with Crippen molar-refractivity contribution < 1.29 is 0 Å². The van der Waals surface area contributed by atoms with E-state index in [2.05, 4.69) is 9.97 Å². The third-order valence-electron chi connectivity index (χ3n) is 1.84. The van der Waals surface area contributed by atoms with Crippen molar-refractivity contribution in [3.63, 3.8) is 0 Å². The zero-order chi connectivity index (χ0) is 9.42. The van der Waals surface area contributed by atoms with Crippen molar-refractivity contribution in [2.45, 2.75) is 12.3 Å². The summed E-state index contributed by atoms with van der Waals surface area (Å²) in [4.78, 5) is 7.42. The number of rotatable bonds is 1. The van der Waals surface area contributed by atoms with Gasteiger partial charge >= 0.3 is 0 Å². The van der Waals surface area contributed by atoms with Crippen molar-refractivity contribution in [3.05, 3.63) is 29.0 Å². The van der Waals surface area contributed by atoms with E-state index < -0.39 is 0 Å². The lowest BCUT2D eigenvalue weighted by Crippen LogP contribution is -1.85. The molecule has 0 aliphatic heterocycles. The highest BCUT2D eigenvalue weighted by Crippen LogP contribution is 2.22. The second kappa shape index (κ2) is 3.20. The lowest BCUT2D eigenvalue weighted by atomic mass is 10.3. The highest BCUT2D eigenvalue weighted by Gasteiger charge is 2.07. The zero-order valence-electron chi connectivity index (χ0n) is 7.01. The van der Waals surface area contributed by atoms with Crippen molar-refractivity contribution in [2.75, 3.05) is 0 Å². The molecule has 1 aromatic heterocycles. The fraction of sp³-hybridized carbons (Fsp3) is 0.222. The van der Waals surface area contributed by atoms with Gasteiger partial charge in [-0.25, -0.2) is 4.98 Å². The number of benzene rings is 1. The highest BCUT2D eigenvalue weighted by atomic mass is 35.5. The summed E-state index contributed by atoms with van der Waals surface area (Å²) in [6, 6.07) is 5.52. The van der Waals surface area contributed by atoms with Crippen LogP contribution in [-0.2, 0) is 0 Å². The summed E-state index contributed by atoms with van der Waals surface area (Å²) in [5, 5.41) is 0.594. The monoisotopic (exact) mass is 214 g/mol. The molecule has 1 heterocycles. The van der Waals surface area contributed by atoms with Crippen LogP contribution in [0, 0.1) is 0 Å². The average Bonchev–Trinajstić information content (AvgIpc) is 2.46. The number of aromatic nitrogens is 2. The van der Waals surface area contributed by atoms with E-state index in [1.807, 2.05) is 25.1 Å². The molecule has 1 atom stereocenters. The molecule has 4 heteroatoms. The van der Waals surface area contributed by atoms with Gasteiger partial charge in [0.1, 0.15) is 5.82 Å². The van der Waals surface area contributed by atoms with Gasteiger partial charge in [-0.1, -0.05) is 11.6 Å². The van der Waals surface area contributed by atoms with Gasteiger partial charge < -0.3 is 4.98 Å². The van der Waals surface area contributed by atoms with Gasteiger partial charge in [0.05, 0.1) is 16.4 Å². The molecule has 0 amide bonds. The summed E-state index contributed by atoms with van der Waals surface area (Å²) >= 11 is 11.7. The molecule has 0 saturated carbocycles. The minimum absolute atomic E-state index is 0.105. The molecule has 0 radical (unpaired) electrons. The molecule has 2 aromatic rings. The van der Waals surface area contributed by atoms with Crippen LogP contribution in [-0.4, -0.2) is 9.97 Å². The van der Waals surface area contributed by atoms with Crippen molar-refractivity contribution in [1.29, 1.82) is 0 Å². The van der Waals surface area contributed by atoms with Crippen LogP contribution in [0.3, 0.4) is 0 Å². The van der Waals surface area contributed by atoms with Crippen LogP contribution < -0.4 is 0 Å². The number of hydrogen-bond donors (Lipinski definition) is 1. The maximum absolute atomic E-state index is 5.89. The molecule has 68 valence electrons. The average molecular weight is 215 g/mol. The lowest BCUT2D eigenvalue weighted by Gasteiger charge is -1.93. The third kappa shape index (κ3) is 1.64. The standard InChI is InChI=1S/C9H8Cl2N2/c1-5(10)9-12-7-3-2-6(11)4-8(7)13-9/h2-5H,1H3,(H,12,13)/t5-/m1/s1. The Balaban J connectivity index is 2.62. The largest absolute Gasteiger partial charge is 0.341 e. The number of fused-ring (bicyclic) bond motifs is 1.